The van der Waals surface area contributed by atoms with Crippen molar-refractivity contribution < 1.29 is 56.2 Å². The highest BCUT2D eigenvalue weighted by atomic mass is 32.3. The predicted octanol–water partition coefficient (Wildman–Crippen LogP) is 9.47. The minimum atomic E-state index is -5.06. The molecule has 0 aliphatic carbocycles. The van der Waals surface area contributed by atoms with Crippen LogP contribution in [-0.2, 0) is 38.3 Å². The van der Waals surface area contributed by atoms with Crippen LogP contribution in [0.2, 0.25) is 0 Å². The monoisotopic (exact) mass is 837 g/mol. The molecule has 13 heteroatoms. The van der Waals surface area contributed by atoms with Crippen LogP contribution in [0.3, 0.4) is 0 Å². The summed E-state index contributed by atoms with van der Waals surface area (Å²) in [5.74, 6) is -0.405. The lowest BCUT2D eigenvalue weighted by atomic mass is 9.99. The molecule has 0 aromatic rings. The first-order valence-electron chi connectivity index (χ1n) is 22.9. The normalized spacial score (nSPS) is 20.7. The van der Waals surface area contributed by atoms with Crippen molar-refractivity contribution in [1.82, 2.24) is 0 Å². The number of carbonyl (C=O) groups excluding carboxylic acids is 1. The van der Waals surface area contributed by atoms with E-state index in [1.165, 1.54) is 116 Å². The van der Waals surface area contributed by atoms with Crippen molar-refractivity contribution in [2.45, 2.75) is 237 Å². The Morgan fingerprint density at radius 2 is 1.11 bits per heavy atom. The Kier molecular flexibility index (Phi) is 34.6. The third-order valence-corrected chi connectivity index (χ3v) is 11.1. The molecule has 1 heterocycles. The number of aliphatic hydroxyl groups excluding tert-OH is 3. The highest BCUT2D eigenvalue weighted by Gasteiger charge is 2.48. The predicted molar refractivity (Wildman–Crippen MR) is 225 cm³/mol. The molecule has 12 nitrogen and oxygen atoms in total. The summed E-state index contributed by atoms with van der Waals surface area (Å²) in [6.45, 7) is 3.99. The molecule has 0 aromatic heterocycles. The molecule has 1 aliphatic heterocycles. The van der Waals surface area contributed by atoms with E-state index in [-0.39, 0.29) is 19.6 Å². The second kappa shape index (κ2) is 36.7. The summed E-state index contributed by atoms with van der Waals surface area (Å²) in [5, 5.41) is 30.6. The summed E-state index contributed by atoms with van der Waals surface area (Å²) in [5.41, 5.74) is 0. The fourth-order valence-corrected chi connectivity index (χ4v) is 7.65. The Morgan fingerprint density at radius 1 is 0.649 bits per heavy atom. The maximum absolute atomic E-state index is 12.8. The van der Waals surface area contributed by atoms with Gasteiger partial charge in [-0.25, -0.2) is 4.18 Å². The van der Waals surface area contributed by atoms with Gasteiger partial charge in [0.25, 0.3) is 0 Å². The van der Waals surface area contributed by atoms with E-state index >= 15 is 0 Å². The fourth-order valence-electron chi connectivity index (χ4n) is 7.14. The van der Waals surface area contributed by atoms with Gasteiger partial charge in [0.1, 0.15) is 30.5 Å². The molecular weight excluding hydrogens is 753 g/mol. The zero-order chi connectivity index (χ0) is 41.8. The third-order valence-electron chi connectivity index (χ3n) is 10.6. The summed E-state index contributed by atoms with van der Waals surface area (Å²) in [6.07, 6.45) is 29.6. The lowest BCUT2D eigenvalue weighted by Crippen LogP contribution is -2.60. The zero-order valence-corrected chi connectivity index (χ0v) is 36.7. The second-order valence-corrected chi connectivity index (χ2v) is 17.0. The van der Waals surface area contributed by atoms with Crippen molar-refractivity contribution in [3.63, 3.8) is 0 Å². The van der Waals surface area contributed by atoms with E-state index in [0.717, 1.165) is 57.8 Å². The van der Waals surface area contributed by atoms with Crippen LogP contribution in [0.1, 0.15) is 200 Å². The van der Waals surface area contributed by atoms with Crippen LogP contribution in [0.4, 0.5) is 0 Å². The van der Waals surface area contributed by atoms with Gasteiger partial charge >= 0.3 is 16.4 Å². The Hall–Kier alpha value is -1.16. The van der Waals surface area contributed by atoms with Gasteiger partial charge in [-0.3, -0.25) is 9.35 Å². The number of carbonyl (C=O) groups is 1. The summed E-state index contributed by atoms with van der Waals surface area (Å²) in [7, 11) is -5.06. The lowest BCUT2D eigenvalue weighted by molar-refractivity contribution is -0.301. The van der Waals surface area contributed by atoms with E-state index in [1.54, 1.807) is 0 Å². The molecule has 0 saturated carbocycles. The number of esters is 1. The highest BCUT2D eigenvalue weighted by molar-refractivity contribution is 7.80. The minimum absolute atomic E-state index is 0.0382. The Balaban J connectivity index is 2.41. The molecule has 0 aromatic carbocycles. The second-order valence-electron chi connectivity index (χ2n) is 16.0. The Labute approximate surface area is 347 Å². The van der Waals surface area contributed by atoms with Crippen molar-refractivity contribution in [1.29, 1.82) is 0 Å². The van der Waals surface area contributed by atoms with Crippen molar-refractivity contribution in [3.05, 3.63) is 12.2 Å². The van der Waals surface area contributed by atoms with Crippen LogP contribution in [0.25, 0.3) is 0 Å². The minimum Gasteiger partial charge on any atom is -0.457 e. The maximum atomic E-state index is 12.8. The SMILES string of the molecule is CCCCCC/C=C\CCCCCCCC(=O)OC(COCCCCCCCCCCCCCCCCCCC)COC1OC(CO)C(O)C(OS(=O)(=O)O)C1O. The van der Waals surface area contributed by atoms with Crippen molar-refractivity contribution in [2.24, 2.45) is 0 Å². The van der Waals surface area contributed by atoms with Gasteiger partial charge in [0.05, 0.1) is 19.8 Å². The lowest BCUT2D eigenvalue weighted by Gasteiger charge is -2.41. The molecule has 57 heavy (non-hydrogen) atoms. The third kappa shape index (κ3) is 30.5. The van der Waals surface area contributed by atoms with E-state index in [0.29, 0.717) is 13.0 Å². The summed E-state index contributed by atoms with van der Waals surface area (Å²) >= 11 is 0. The van der Waals surface area contributed by atoms with Crippen molar-refractivity contribution in [2.75, 3.05) is 26.4 Å². The van der Waals surface area contributed by atoms with E-state index in [9.17, 15) is 28.5 Å². The zero-order valence-electron chi connectivity index (χ0n) is 35.9. The number of allylic oxidation sites excluding steroid dienone is 2. The quantitative estimate of drug-likeness (QED) is 0.0199. The van der Waals surface area contributed by atoms with Crippen LogP contribution < -0.4 is 0 Å². The van der Waals surface area contributed by atoms with Gasteiger partial charge in [0, 0.05) is 13.0 Å². The number of ether oxygens (including phenoxy) is 4. The van der Waals surface area contributed by atoms with Gasteiger partial charge < -0.3 is 34.3 Å². The Bertz CT molecular complexity index is 1060. The molecule has 6 unspecified atom stereocenters. The van der Waals surface area contributed by atoms with Crippen molar-refractivity contribution >= 4 is 16.4 Å². The van der Waals surface area contributed by atoms with Crippen LogP contribution >= 0.6 is 0 Å². The molecule has 0 amide bonds. The fraction of sp³-hybridized carbons (Fsp3) is 0.932. The topological polar surface area (TPSA) is 178 Å². The molecule has 0 spiro atoms. The molecule has 0 bridgehead atoms. The number of unbranched alkanes of at least 4 members (excludes halogenated alkanes) is 25. The van der Waals surface area contributed by atoms with Crippen LogP contribution in [0.5, 0.6) is 0 Å². The average molecular weight is 837 g/mol. The highest BCUT2D eigenvalue weighted by Crippen LogP contribution is 2.26. The standard InChI is InChI=1S/C44H84O12S/c1-3-5-7-9-11-13-15-17-18-19-20-22-24-26-28-30-32-34-52-36-38(37-53-44-42(48)43(56-57(49,50)51)41(47)39(35-45)55-44)54-40(46)33-31-29-27-25-23-21-16-14-12-10-8-6-4-2/h14,16,38-39,41-45,47-48H,3-13,15,17-37H2,1-2H3,(H,49,50,51)/b16-14-. The molecule has 6 atom stereocenters. The number of aliphatic hydroxyl groups is 3. The first-order chi connectivity index (χ1) is 27.6. The van der Waals surface area contributed by atoms with Crippen LogP contribution in [-0.4, -0.2) is 97.5 Å². The van der Waals surface area contributed by atoms with Gasteiger partial charge in [-0.15, -0.1) is 0 Å². The van der Waals surface area contributed by atoms with Crippen LogP contribution in [0.15, 0.2) is 12.2 Å². The van der Waals surface area contributed by atoms with Gasteiger partial charge in [0.2, 0.25) is 0 Å². The van der Waals surface area contributed by atoms with Crippen molar-refractivity contribution in [3.8, 4) is 0 Å². The number of hydrogen-bond donors (Lipinski definition) is 4. The molecule has 338 valence electrons. The summed E-state index contributed by atoms with van der Waals surface area (Å²) in [4.78, 5) is 12.8. The largest absolute Gasteiger partial charge is 0.457 e. The van der Waals surface area contributed by atoms with Crippen LogP contribution in [0, 0.1) is 0 Å². The van der Waals surface area contributed by atoms with Gasteiger partial charge in [-0.2, -0.15) is 8.42 Å². The molecule has 0 radical (unpaired) electrons. The Morgan fingerprint density at radius 3 is 1.60 bits per heavy atom. The van der Waals surface area contributed by atoms with Gasteiger partial charge in [-0.05, 0) is 38.5 Å². The molecular formula is C44H84O12S. The van der Waals surface area contributed by atoms with E-state index in [2.05, 4.69) is 30.2 Å². The number of hydrogen-bond acceptors (Lipinski definition) is 11. The first kappa shape index (κ1) is 53.9. The smallest absolute Gasteiger partial charge is 0.397 e. The van der Waals surface area contributed by atoms with E-state index in [4.69, 9.17) is 23.5 Å². The van der Waals surface area contributed by atoms with Gasteiger partial charge in [0.15, 0.2) is 6.29 Å². The maximum Gasteiger partial charge on any atom is 0.397 e. The average Bonchev–Trinajstić information content (AvgIpc) is 3.18. The molecule has 1 rings (SSSR count). The van der Waals surface area contributed by atoms with E-state index < -0.39 is 59.8 Å². The first-order valence-corrected chi connectivity index (χ1v) is 24.3. The molecule has 4 N–H and O–H groups in total. The summed E-state index contributed by atoms with van der Waals surface area (Å²) in [6, 6.07) is 0. The number of rotatable bonds is 40. The summed E-state index contributed by atoms with van der Waals surface area (Å²) < 4.78 is 59.0. The molecule has 1 saturated heterocycles. The molecule has 1 fully saturated rings. The van der Waals surface area contributed by atoms with E-state index in [1.807, 2.05) is 0 Å². The molecule has 1 aliphatic rings. The van der Waals surface area contributed by atoms with Gasteiger partial charge in [-0.1, -0.05) is 167 Å².